The number of hydrogen-bond acceptors (Lipinski definition) is 3. The number of carbonyl (C=O) groups excluding carboxylic acids is 1. The Morgan fingerprint density at radius 1 is 1.43 bits per heavy atom. The summed E-state index contributed by atoms with van der Waals surface area (Å²) in [6.07, 6.45) is 3.38. The SMILES string of the molecule is CSc1ccccc1[C@@H]1CCC(=O)O1. The van der Waals surface area contributed by atoms with Gasteiger partial charge in [-0.15, -0.1) is 11.8 Å². The molecule has 2 rings (SSSR count). The van der Waals surface area contributed by atoms with Crippen molar-refractivity contribution in [2.75, 3.05) is 6.26 Å². The average molecular weight is 208 g/mol. The standard InChI is InChI=1S/C11H12O2S/c1-14-10-5-3-2-4-8(10)9-6-7-11(12)13-9/h2-5,9H,6-7H2,1H3/t9-/m0/s1. The summed E-state index contributed by atoms with van der Waals surface area (Å²) in [4.78, 5) is 12.2. The van der Waals surface area contributed by atoms with Gasteiger partial charge in [0.1, 0.15) is 6.10 Å². The van der Waals surface area contributed by atoms with Gasteiger partial charge in [0, 0.05) is 16.9 Å². The van der Waals surface area contributed by atoms with Crippen molar-refractivity contribution in [3.8, 4) is 0 Å². The molecule has 1 fully saturated rings. The summed E-state index contributed by atoms with van der Waals surface area (Å²) in [5, 5.41) is 0. The molecule has 0 saturated carbocycles. The van der Waals surface area contributed by atoms with Crippen LogP contribution in [0.2, 0.25) is 0 Å². The molecule has 1 atom stereocenters. The molecule has 0 spiro atoms. The van der Waals surface area contributed by atoms with E-state index < -0.39 is 0 Å². The molecule has 74 valence electrons. The molecule has 2 nitrogen and oxygen atoms in total. The maximum Gasteiger partial charge on any atom is 0.306 e. The normalized spacial score (nSPS) is 20.9. The summed E-state index contributed by atoms with van der Waals surface area (Å²) in [5.41, 5.74) is 1.14. The molecule has 0 bridgehead atoms. The van der Waals surface area contributed by atoms with Crippen molar-refractivity contribution >= 4 is 17.7 Å². The fraction of sp³-hybridized carbons (Fsp3) is 0.364. The summed E-state index contributed by atoms with van der Waals surface area (Å²) in [5.74, 6) is -0.0779. The number of carbonyl (C=O) groups is 1. The van der Waals surface area contributed by atoms with Crippen LogP contribution in [0.4, 0.5) is 0 Å². The summed E-state index contributed by atoms with van der Waals surface area (Å²) in [7, 11) is 0. The Morgan fingerprint density at radius 2 is 2.21 bits per heavy atom. The fourth-order valence-electron chi connectivity index (χ4n) is 1.68. The van der Waals surface area contributed by atoms with Crippen LogP contribution in [-0.2, 0) is 9.53 Å². The predicted octanol–water partition coefficient (Wildman–Crippen LogP) is 2.79. The van der Waals surface area contributed by atoms with E-state index in [9.17, 15) is 4.79 Å². The van der Waals surface area contributed by atoms with Crippen LogP contribution in [0.15, 0.2) is 29.2 Å². The Bertz CT molecular complexity index is 349. The summed E-state index contributed by atoms with van der Waals surface area (Å²) >= 11 is 1.69. The second kappa shape index (κ2) is 4.05. The van der Waals surface area contributed by atoms with Gasteiger partial charge in [0.05, 0.1) is 0 Å². The predicted molar refractivity (Wildman–Crippen MR) is 56.3 cm³/mol. The molecule has 0 N–H and O–H groups in total. The van der Waals surface area contributed by atoms with E-state index in [1.165, 1.54) is 4.90 Å². The van der Waals surface area contributed by atoms with Gasteiger partial charge in [0.2, 0.25) is 0 Å². The van der Waals surface area contributed by atoms with Gasteiger partial charge in [-0.25, -0.2) is 0 Å². The quantitative estimate of drug-likeness (QED) is 0.552. The van der Waals surface area contributed by atoms with Crippen molar-refractivity contribution in [2.45, 2.75) is 23.8 Å². The fourth-order valence-corrected chi connectivity index (χ4v) is 2.33. The second-order valence-corrected chi connectivity index (χ2v) is 4.11. The Hall–Kier alpha value is -0.960. The van der Waals surface area contributed by atoms with Crippen LogP contribution in [0, 0.1) is 0 Å². The summed E-state index contributed by atoms with van der Waals surface area (Å²) in [6.45, 7) is 0. The van der Waals surface area contributed by atoms with Gasteiger partial charge in [0.25, 0.3) is 0 Å². The largest absolute Gasteiger partial charge is 0.457 e. The van der Waals surface area contributed by atoms with Gasteiger partial charge in [0.15, 0.2) is 0 Å². The summed E-state index contributed by atoms with van der Waals surface area (Å²) in [6, 6.07) is 8.09. The van der Waals surface area contributed by atoms with E-state index in [-0.39, 0.29) is 12.1 Å². The van der Waals surface area contributed by atoms with Gasteiger partial charge in [-0.2, -0.15) is 0 Å². The zero-order valence-electron chi connectivity index (χ0n) is 8.03. The Morgan fingerprint density at radius 3 is 2.86 bits per heavy atom. The Kier molecular flexibility index (Phi) is 2.77. The van der Waals surface area contributed by atoms with Crippen LogP contribution < -0.4 is 0 Å². The number of thioether (sulfide) groups is 1. The van der Waals surface area contributed by atoms with E-state index in [1.807, 2.05) is 24.5 Å². The molecule has 0 radical (unpaired) electrons. The third-order valence-corrected chi connectivity index (χ3v) is 3.18. The minimum absolute atomic E-state index is 0.0221. The highest BCUT2D eigenvalue weighted by atomic mass is 32.2. The lowest BCUT2D eigenvalue weighted by Crippen LogP contribution is -1.99. The molecule has 1 saturated heterocycles. The molecular formula is C11H12O2S. The van der Waals surface area contributed by atoms with Gasteiger partial charge in [-0.3, -0.25) is 4.79 Å². The molecule has 0 unspecified atom stereocenters. The highest BCUT2D eigenvalue weighted by Gasteiger charge is 2.26. The van der Waals surface area contributed by atoms with E-state index in [0.29, 0.717) is 6.42 Å². The molecule has 3 heteroatoms. The van der Waals surface area contributed by atoms with Crippen LogP contribution in [0.1, 0.15) is 24.5 Å². The van der Waals surface area contributed by atoms with E-state index in [1.54, 1.807) is 11.8 Å². The van der Waals surface area contributed by atoms with Gasteiger partial charge >= 0.3 is 5.97 Å². The third kappa shape index (κ3) is 1.77. The smallest absolute Gasteiger partial charge is 0.306 e. The number of benzene rings is 1. The van der Waals surface area contributed by atoms with E-state index in [2.05, 4.69) is 6.07 Å². The zero-order chi connectivity index (χ0) is 9.97. The highest BCUT2D eigenvalue weighted by molar-refractivity contribution is 7.98. The van der Waals surface area contributed by atoms with Crippen LogP contribution in [-0.4, -0.2) is 12.2 Å². The van der Waals surface area contributed by atoms with Gasteiger partial charge in [-0.1, -0.05) is 18.2 Å². The first kappa shape index (κ1) is 9.59. The molecule has 1 aliphatic heterocycles. The van der Waals surface area contributed by atoms with Crippen molar-refractivity contribution in [2.24, 2.45) is 0 Å². The molecule has 1 aliphatic rings. The maximum absolute atomic E-state index is 11.0. The monoisotopic (exact) mass is 208 g/mol. The Balaban J connectivity index is 2.27. The van der Waals surface area contributed by atoms with Crippen molar-refractivity contribution in [1.29, 1.82) is 0 Å². The van der Waals surface area contributed by atoms with Crippen LogP contribution in [0.25, 0.3) is 0 Å². The molecule has 0 amide bonds. The zero-order valence-corrected chi connectivity index (χ0v) is 8.84. The molecular weight excluding hydrogens is 196 g/mol. The first-order valence-corrected chi connectivity index (χ1v) is 5.86. The van der Waals surface area contributed by atoms with E-state index in [4.69, 9.17) is 4.74 Å². The minimum Gasteiger partial charge on any atom is -0.457 e. The number of cyclic esters (lactones) is 1. The first-order valence-electron chi connectivity index (χ1n) is 4.63. The average Bonchev–Trinajstić information content (AvgIpc) is 2.65. The van der Waals surface area contributed by atoms with Crippen molar-refractivity contribution < 1.29 is 9.53 Å². The van der Waals surface area contributed by atoms with Gasteiger partial charge < -0.3 is 4.74 Å². The third-order valence-electron chi connectivity index (χ3n) is 2.37. The number of rotatable bonds is 2. The van der Waals surface area contributed by atoms with Crippen molar-refractivity contribution in [3.05, 3.63) is 29.8 Å². The lowest BCUT2D eigenvalue weighted by molar-refractivity contribution is -0.141. The highest BCUT2D eigenvalue weighted by Crippen LogP contribution is 2.34. The van der Waals surface area contributed by atoms with Crippen molar-refractivity contribution in [1.82, 2.24) is 0 Å². The van der Waals surface area contributed by atoms with Gasteiger partial charge in [-0.05, 0) is 18.7 Å². The van der Waals surface area contributed by atoms with Crippen LogP contribution >= 0.6 is 11.8 Å². The molecule has 14 heavy (non-hydrogen) atoms. The lowest BCUT2D eigenvalue weighted by atomic mass is 10.1. The first-order chi connectivity index (χ1) is 6.81. The lowest BCUT2D eigenvalue weighted by Gasteiger charge is -2.12. The van der Waals surface area contributed by atoms with Crippen LogP contribution in [0.5, 0.6) is 0 Å². The second-order valence-electron chi connectivity index (χ2n) is 3.26. The van der Waals surface area contributed by atoms with Crippen LogP contribution in [0.3, 0.4) is 0 Å². The summed E-state index contributed by atoms with van der Waals surface area (Å²) < 4.78 is 5.24. The van der Waals surface area contributed by atoms with Crippen molar-refractivity contribution in [3.63, 3.8) is 0 Å². The molecule has 1 aromatic carbocycles. The number of esters is 1. The molecule has 0 aromatic heterocycles. The van der Waals surface area contributed by atoms with E-state index in [0.717, 1.165) is 12.0 Å². The minimum atomic E-state index is -0.0779. The molecule has 1 aromatic rings. The Labute approximate surface area is 87.6 Å². The number of hydrogen-bond donors (Lipinski definition) is 0. The number of ether oxygens (including phenoxy) is 1. The maximum atomic E-state index is 11.0. The topological polar surface area (TPSA) is 26.3 Å². The van der Waals surface area contributed by atoms with E-state index >= 15 is 0 Å². The molecule has 0 aliphatic carbocycles. The molecule has 1 heterocycles.